The second-order valence-corrected chi connectivity index (χ2v) is 11.7. The molecule has 1 aromatic heterocycles. The second-order valence-electron chi connectivity index (χ2n) is 8.32. The van der Waals surface area contributed by atoms with Crippen LogP contribution < -0.4 is 16.4 Å². The predicted octanol–water partition coefficient (Wildman–Crippen LogP) is 3.89. The molecule has 2 aromatic rings. The lowest BCUT2D eigenvalue weighted by Crippen LogP contribution is -2.36. The molecule has 3 rings (SSSR count). The van der Waals surface area contributed by atoms with Crippen molar-refractivity contribution in [1.82, 2.24) is 10.3 Å². The second kappa shape index (κ2) is 11.5. The first-order valence-electron chi connectivity index (χ1n) is 11.0. The number of nitrogens with one attached hydrogen (secondary N) is 2. The van der Waals surface area contributed by atoms with Crippen LogP contribution in [-0.2, 0) is 19.4 Å². The fourth-order valence-corrected chi connectivity index (χ4v) is 5.95. The first-order chi connectivity index (χ1) is 16.0. The zero-order valence-corrected chi connectivity index (χ0v) is 21.5. The van der Waals surface area contributed by atoms with Gasteiger partial charge in [-0.1, -0.05) is 29.0 Å². The lowest BCUT2D eigenvalue weighted by molar-refractivity contribution is -0.150. The molecule has 0 saturated heterocycles. The van der Waals surface area contributed by atoms with E-state index < -0.39 is 21.9 Å². The van der Waals surface area contributed by atoms with Gasteiger partial charge in [-0.15, -0.1) is 0 Å². The first kappa shape index (κ1) is 26.4. The summed E-state index contributed by atoms with van der Waals surface area (Å²) in [6.07, 6.45) is 5.97. The molecule has 1 saturated carbocycles. The van der Waals surface area contributed by atoms with Crippen LogP contribution in [0.4, 0.5) is 9.93 Å². The van der Waals surface area contributed by atoms with E-state index in [0.717, 1.165) is 36.8 Å². The van der Waals surface area contributed by atoms with E-state index in [1.807, 2.05) is 0 Å². The van der Waals surface area contributed by atoms with E-state index in [4.69, 9.17) is 22.1 Å². The molecule has 34 heavy (non-hydrogen) atoms. The molecule has 1 atom stereocenters. The summed E-state index contributed by atoms with van der Waals surface area (Å²) in [4.78, 5) is 29.4. The molecule has 9 nitrogen and oxygen atoms in total. The lowest BCUT2D eigenvalue weighted by Gasteiger charge is -2.15. The maximum Gasteiger partial charge on any atom is 0.323 e. The van der Waals surface area contributed by atoms with Crippen LogP contribution in [0.15, 0.2) is 23.1 Å². The molecule has 1 aliphatic carbocycles. The predicted molar refractivity (Wildman–Crippen MR) is 133 cm³/mol. The molecule has 1 aromatic carbocycles. The number of amides is 2. The van der Waals surface area contributed by atoms with Crippen molar-refractivity contribution < 1.29 is 22.7 Å². The fourth-order valence-electron chi connectivity index (χ4n) is 3.69. The van der Waals surface area contributed by atoms with E-state index in [1.165, 1.54) is 23.5 Å². The highest BCUT2D eigenvalue weighted by atomic mass is 35.5. The fraction of sp³-hybridized carbons (Fsp3) is 0.500. The number of rotatable bonds is 9. The smallest absolute Gasteiger partial charge is 0.323 e. The number of hydrogen-bond acceptors (Lipinski definition) is 8. The molecule has 1 fully saturated rings. The summed E-state index contributed by atoms with van der Waals surface area (Å²) in [6, 6.07) is 3.60. The van der Waals surface area contributed by atoms with E-state index in [2.05, 4.69) is 15.6 Å². The number of anilines is 1. The van der Waals surface area contributed by atoms with E-state index in [9.17, 15) is 18.0 Å². The van der Waals surface area contributed by atoms with Crippen molar-refractivity contribution >= 4 is 49.9 Å². The topological polar surface area (TPSA) is 140 Å². The van der Waals surface area contributed by atoms with Crippen LogP contribution in [-0.4, -0.2) is 50.3 Å². The molecule has 0 bridgehead atoms. The highest BCUT2D eigenvalue weighted by molar-refractivity contribution is 7.90. The number of nitrogens with zero attached hydrogens (tertiary/aromatic N) is 1. The van der Waals surface area contributed by atoms with Gasteiger partial charge in [-0.05, 0) is 63.1 Å². The van der Waals surface area contributed by atoms with E-state index in [1.54, 1.807) is 13.0 Å². The van der Waals surface area contributed by atoms with Gasteiger partial charge in [0.2, 0.25) is 0 Å². The number of carbonyl (C=O) groups is 2. The summed E-state index contributed by atoms with van der Waals surface area (Å²) in [7, 11) is -3.49. The largest absolute Gasteiger partial charge is 0.461 e. The minimum absolute atomic E-state index is 0.0140. The lowest BCUT2D eigenvalue weighted by atomic mass is 10.1. The van der Waals surface area contributed by atoms with Crippen molar-refractivity contribution in [3.63, 3.8) is 0 Å². The van der Waals surface area contributed by atoms with Crippen LogP contribution in [0.5, 0.6) is 0 Å². The molecule has 1 heterocycles. The Morgan fingerprint density at radius 1 is 1.32 bits per heavy atom. The monoisotopic (exact) mass is 528 g/mol. The van der Waals surface area contributed by atoms with Gasteiger partial charge >= 0.3 is 12.0 Å². The average Bonchev–Trinajstić information content (AvgIpc) is 3.40. The van der Waals surface area contributed by atoms with Crippen molar-refractivity contribution in [3.05, 3.63) is 28.9 Å². The van der Waals surface area contributed by atoms with Crippen LogP contribution in [0.1, 0.15) is 44.2 Å². The van der Waals surface area contributed by atoms with Gasteiger partial charge in [0.05, 0.1) is 20.5 Å². The Labute approximate surface area is 208 Å². The first-order valence-corrected chi connectivity index (χ1v) is 14.1. The Balaban J connectivity index is 1.49. The highest BCUT2D eigenvalue weighted by Crippen LogP contribution is 2.35. The highest BCUT2D eigenvalue weighted by Gasteiger charge is 2.23. The van der Waals surface area contributed by atoms with Gasteiger partial charge in [0.1, 0.15) is 12.1 Å². The van der Waals surface area contributed by atoms with Gasteiger partial charge in [0.15, 0.2) is 15.0 Å². The third-order valence-corrected chi connectivity index (χ3v) is 8.18. The molecule has 0 spiro atoms. The molecular weight excluding hydrogens is 500 g/mol. The maximum absolute atomic E-state index is 12.2. The van der Waals surface area contributed by atoms with Crippen molar-refractivity contribution in [1.29, 1.82) is 0 Å². The van der Waals surface area contributed by atoms with E-state index >= 15 is 0 Å². The quantitative estimate of drug-likeness (QED) is 0.331. The maximum atomic E-state index is 12.2. The molecule has 4 N–H and O–H groups in total. The number of nitrogens with two attached hydrogens (primary N) is 1. The summed E-state index contributed by atoms with van der Waals surface area (Å²) in [5.41, 5.74) is 7.19. The van der Waals surface area contributed by atoms with Crippen LogP contribution in [0.3, 0.4) is 0 Å². The minimum atomic E-state index is -3.49. The molecule has 1 unspecified atom stereocenters. The minimum Gasteiger partial charge on any atom is -0.461 e. The Morgan fingerprint density at radius 2 is 2.03 bits per heavy atom. The molecular formula is C22H29ClN4O5S2. The third kappa shape index (κ3) is 7.14. The van der Waals surface area contributed by atoms with Gasteiger partial charge in [-0.25, -0.2) is 18.2 Å². The summed E-state index contributed by atoms with van der Waals surface area (Å²) < 4.78 is 29.3. The summed E-state index contributed by atoms with van der Waals surface area (Å²) in [5, 5.41) is 5.92. The third-order valence-electron chi connectivity index (χ3n) is 5.48. The Morgan fingerprint density at radius 3 is 2.71 bits per heavy atom. The molecule has 1 aliphatic rings. The van der Waals surface area contributed by atoms with E-state index in [-0.39, 0.29) is 22.0 Å². The van der Waals surface area contributed by atoms with Crippen molar-refractivity contribution in [2.24, 2.45) is 5.73 Å². The standard InChI is InChI=1S/C22H29ClN4O5S2/c1-13-19(14-9-10-16(23)18(12-14)34(2,30)31)33-22(26-13)27-21(29)25-11-5-8-17(24)20(28)32-15-6-3-4-7-15/h9-10,12,15,17H,3-8,11,24H2,1-2H3,(H2,25,26,27,29). The molecule has 186 valence electrons. The van der Waals surface area contributed by atoms with Crippen LogP contribution >= 0.6 is 22.9 Å². The van der Waals surface area contributed by atoms with Crippen LogP contribution in [0.2, 0.25) is 5.02 Å². The van der Waals surface area contributed by atoms with E-state index in [0.29, 0.717) is 35.8 Å². The summed E-state index contributed by atoms with van der Waals surface area (Å²) >= 11 is 7.25. The van der Waals surface area contributed by atoms with Crippen molar-refractivity contribution in [2.45, 2.75) is 62.5 Å². The van der Waals surface area contributed by atoms with Crippen molar-refractivity contribution in [3.8, 4) is 10.4 Å². The van der Waals surface area contributed by atoms with Gasteiger partial charge < -0.3 is 15.8 Å². The number of ether oxygens (including phenoxy) is 1. The van der Waals surface area contributed by atoms with Gasteiger partial charge in [-0.2, -0.15) is 0 Å². The molecule has 2 amide bonds. The Hall–Kier alpha value is -2.21. The van der Waals surface area contributed by atoms with Crippen LogP contribution in [0, 0.1) is 6.92 Å². The summed E-state index contributed by atoms with van der Waals surface area (Å²) in [5.74, 6) is -0.386. The van der Waals surface area contributed by atoms with Gasteiger partial charge in [-0.3, -0.25) is 10.1 Å². The zero-order chi connectivity index (χ0) is 24.9. The molecule has 0 aliphatic heterocycles. The number of sulfone groups is 1. The number of thiazole rings is 1. The number of halogens is 1. The number of hydrogen-bond donors (Lipinski definition) is 3. The number of carbonyl (C=O) groups excluding carboxylic acids is 2. The number of aryl methyl sites for hydroxylation is 1. The van der Waals surface area contributed by atoms with Crippen LogP contribution in [0.25, 0.3) is 10.4 Å². The number of aromatic nitrogens is 1. The number of urea groups is 1. The number of benzene rings is 1. The Kier molecular flexibility index (Phi) is 8.91. The van der Waals surface area contributed by atoms with Gasteiger partial charge in [0.25, 0.3) is 0 Å². The zero-order valence-electron chi connectivity index (χ0n) is 19.1. The SMILES string of the molecule is Cc1nc(NC(=O)NCCCC(N)C(=O)OC2CCCC2)sc1-c1ccc(Cl)c(S(C)(=O)=O)c1. The summed E-state index contributed by atoms with van der Waals surface area (Å²) in [6.45, 7) is 2.11. The normalized spacial score (nSPS) is 15.2. The van der Waals surface area contributed by atoms with Crippen molar-refractivity contribution in [2.75, 3.05) is 18.1 Å². The number of esters is 1. The molecule has 0 radical (unpaired) electrons. The Bertz CT molecular complexity index is 1150. The average molecular weight is 529 g/mol. The molecule has 12 heteroatoms. The van der Waals surface area contributed by atoms with Gasteiger partial charge in [0, 0.05) is 12.8 Å².